The van der Waals surface area contributed by atoms with Crippen LogP contribution in [0.3, 0.4) is 0 Å². The topological polar surface area (TPSA) is 107 Å². The summed E-state index contributed by atoms with van der Waals surface area (Å²) in [6.45, 7) is 7.19. The number of rotatable bonds is 9. The normalized spacial score (nSPS) is 26.5. The monoisotopic (exact) mass is 585 g/mol. The van der Waals surface area contributed by atoms with E-state index >= 15 is 0 Å². The Morgan fingerprint density at radius 2 is 1.20 bits per heavy atom. The highest BCUT2D eigenvalue weighted by Crippen LogP contribution is 2.51. The van der Waals surface area contributed by atoms with Gasteiger partial charge in [0.25, 0.3) is 0 Å². The molecular weight excluding hydrogens is 545 g/mol. The number of hydrogen-bond donors (Lipinski definition) is 0. The molecule has 0 bridgehead atoms. The lowest BCUT2D eigenvalue weighted by Crippen LogP contribution is -2.35. The second-order valence-electron chi connectivity index (χ2n) is 11.9. The standard InChI is InChI=1S/C15H22ClN3.C14H19ClN6/c1-2-3-12-8-14(12)11-4-6-19(7-5-11)15-17-9-13(16)10-18-15;15-12-8-17-14(18-9-12)21-5-2-10(3-6-21)13-7-11(13)1-4-19-20-16/h9-12,14H,2-8H2,1H3;8-11,13H,1-7H2. The summed E-state index contributed by atoms with van der Waals surface area (Å²) in [5, 5.41) is 4.82. The molecule has 216 valence electrons. The third-order valence-electron chi connectivity index (χ3n) is 9.35. The Bertz CT molecular complexity index is 1110. The molecule has 4 unspecified atom stereocenters. The minimum absolute atomic E-state index is 0.578. The fraction of sp³-hybridized carbons (Fsp3) is 0.724. The van der Waals surface area contributed by atoms with Gasteiger partial charge in [-0.25, -0.2) is 19.9 Å². The van der Waals surface area contributed by atoms with E-state index in [2.05, 4.69) is 46.7 Å². The lowest BCUT2D eigenvalue weighted by molar-refractivity contribution is 0.341. The van der Waals surface area contributed by atoms with Gasteiger partial charge in [-0.05, 0) is 86.0 Å². The van der Waals surface area contributed by atoms with Crippen molar-refractivity contribution in [2.45, 2.75) is 64.7 Å². The fourth-order valence-electron chi connectivity index (χ4n) is 6.99. The Hall–Kier alpha value is -2.35. The predicted molar refractivity (Wildman–Crippen MR) is 161 cm³/mol. The Kier molecular flexibility index (Phi) is 10.2. The molecule has 0 N–H and O–H groups in total. The lowest BCUT2D eigenvalue weighted by Gasteiger charge is -2.32. The third-order valence-corrected chi connectivity index (χ3v) is 9.74. The number of halogens is 2. The lowest BCUT2D eigenvalue weighted by atomic mass is 9.90. The van der Waals surface area contributed by atoms with Gasteiger partial charge in [0.15, 0.2) is 0 Å². The first kappa shape index (κ1) is 29.2. The van der Waals surface area contributed by atoms with Crippen LogP contribution in [0.1, 0.15) is 64.7 Å². The fourth-order valence-corrected chi connectivity index (χ4v) is 7.19. The van der Waals surface area contributed by atoms with Crippen LogP contribution in [0.4, 0.5) is 11.9 Å². The molecular formula is C29H41Cl2N9. The van der Waals surface area contributed by atoms with Crippen LogP contribution in [0.25, 0.3) is 10.4 Å². The van der Waals surface area contributed by atoms with Crippen LogP contribution in [-0.2, 0) is 0 Å². The highest BCUT2D eigenvalue weighted by atomic mass is 35.5. The smallest absolute Gasteiger partial charge is 0.225 e. The van der Waals surface area contributed by atoms with Crippen LogP contribution in [0.5, 0.6) is 0 Å². The van der Waals surface area contributed by atoms with E-state index in [1.54, 1.807) is 24.8 Å². The maximum atomic E-state index is 8.30. The SMILES string of the molecule is CCCC1CC1C1CCN(c2ncc(Cl)cn2)CC1.[N-]=[N+]=NCCC1CC1C1CCN(c2ncc(Cl)cn2)CC1. The molecule has 6 rings (SSSR count). The second kappa shape index (κ2) is 14.0. The molecule has 40 heavy (non-hydrogen) atoms. The van der Waals surface area contributed by atoms with Crippen LogP contribution in [-0.4, -0.2) is 52.7 Å². The summed E-state index contributed by atoms with van der Waals surface area (Å²) in [7, 11) is 0. The molecule has 0 radical (unpaired) electrons. The van der Waals surface area contributed by atoms with E-state index in [0.29, 0.717) is 16.6 Å². The molecule has 2 aromatic heterocycles. The predicted octanol–water partition coefficient (Wildman–Crippen LogP) is 7.47. The van der Waals surface area contributed by atoms with E-state index in [-0.39, 0.29) is 0 Å². The number of nitrogens with zero attached hydrogens (tertiary/aromatic N) is 9. The summed E-state index contributed by atoms with van der Waals surface area (Å²) in [4.78, 5) is 24.6. The van der Waals surface area contributed by atoms with Gasteiger partial charge in [0.1, 0.15) is 0 Å². The summed E-state index contributed by atoms with van der Waals surface area (Å²) < 4.78 is 0. The molecule has 2 aliphatic carbocycles. The zero-order chi connectivity index (χ0) is 27.9. The molecule has 2 saturated heterocycles. The summed E-state index contributed by atoms with van der Waals surface area (Å²) in [5.41, 5.74) is 8.30. The molecule has 9 nitrogen and oxygen atoms in total. The zero-order valence-corrected chi connectivity index (χ0v) is 25.0. The van der Waals surface area contributed by atoms with Crippen molar-refractivity contribution in [3.8, 4) is 0 Å². The number of azide groups is 1. The van der Waals surface area contributed by atoms with Crippen LogP contribution >= 0.6 is 23.2 Å². The average Bonchev–Trinajstić information content (AvgIpc) is 3.92. The van der Waals surface area contributed by atoms with E-state index in [1.807, 2.05) is 0 Å². The van der Waals surface area contributed by atoms with Gasteiger partial charge in [-0.15, -0.1) is 0 Å². The Morgan fingerprint density at radius 3 is 1.60 bits per heavy atom. The van der Waals surface area contributed by atoms with Crippen LogP contribution in [0.2, 0.25) is 10.0 Å². The van der Waals surface area contributed by atoms with Crippen molar-refractivity contribution in [3.63, 3.8) is 0 Å². The minimum Gasteiger partial charge on any atom is -0.341 e. The number of hydrogen-bond acceptors (Lipinski definition) is 7. The van der Waals surface area contributed by atoms with Gasteiger partial charge in [0.05, 0.1) is 34.8 Å². The summed E-state index contributed by atoms with van der Waals surface area (Å²) in [6.07, 6.45) is 18.3. The molecule has 4 heterocycles. The average molecular weight is 587 g/mol. The van der Waals surface area contributed by atoms with Crippen LogP contribution < -0.4 is 9.80 Å². The molecule has 0 amide bonds. The van der Waals surface area contributed by atoms with Crippen LogP contribution in [0.15, 0.2) is 29.9 Å². The van der Waals surface area contributed by atoms with Gasteiger partial charge < -0.3 is 9.80 Å². The minimum atomic E-state index is 0.578. The third kappa shape index (κ3) is 7.89. The van der Waals surface area contributed by atoms with E-state index in [1.165, 1.54) is 51.4 Å². The van der Waals surface area contributed by atoms with Crippen molar-refractivity contribution < 1.29 is 0 Å². The number of piperidine rings is 2. The molecule has 4 fully saturated rings. The highest BCUT2D eigenvalue weighted by molar-refractivity contribution is 6.30. The largest absolute Gasteiger partial charge is 0.341 e. The maximum Gasteiger partial charge on any atom is 0.225 e. The molecule has 2 aliphatic heterocycles. The number of aromatic nitrogens is 4. The molecule has 2 aromatic rings. The highest BCUT2D eigenvalue weighted by Gasteiger charge is 2.43. The van der Waals surface area contributed by atoms with E-state index < -0.39 is 0 Å². The first-order valence-corrected chi connectivity index (χ1v) is 15.8. The Labute approximate surface area is 247 Å². The van der Waals surface area contributed by atoms with E-state index in [0.717, 1.165) is 80.0 Å². The number of anilines is 2. The molecule has 4 aliphatic rings. The van der Waals surface area contributed by atoms with Gasteiger partial charge >= 0.3 is 0 Å². The molecule has 0 spiro atoms. The van der Waals surface area contributed by atoms with Crippen molar-refractivity contribution in [2.24, 2.45) is 40.6 Å². The van der Waals surface area contributed by atoms with Crippen molar-refractivity contribution in [1.82, 2.24) is 19.9 Å². The van der Waals surface area contributed by atoms with Crippen molar-refractivity contribution in [2.75, 3.05) is 42.5 Å². The Morgan fingerprint density at radius 1 is 0.775 bits per heavy atom. The summed E-state index contributed by atoms with van der Waals surface area (Å²) in [5.74, 6) is 7.05. The van der Waals surface area contributed by atoms with Crippen LogP contribution in [0, 0.1) is 35.5 Å². The summed E-state index contributed by atoms with van der Waals surface area (Å²) >= 11 is 11.6. The van der Waals surface area contributed by atoms with Gasteiger partial charge in [-0.2, -0.15) is 0 Å². The molecule has 0 aromatic carbocycles. The van der Waals surface area contributed by atoms with Gasteiger partial charge in [-0.1, -0.05) is 48.1 Å². The molecule has 2 saturated carbocycles. The van der Waals surface area contributed by atoms with E-state index in [4.69, 9.17) is 28.7 Å². The van der Waals surface area contributed by atoms with Gasteiger partial charge in [0.2, 0.25) is 11.9 Å². The zero-order valence-electron chi connectivity index (χ0n) is 23.5. The van der Waals surface area contributed by atoms with Gasteiger partial charge in [-0.3, -0.25) is 0 Å². The Balaban J connectivity index is 0.000000162. The first-order valence-electron chi connectivity index (χ1n) is 15.0. The first-order chi connectivity index (χ1) is 19.6. The van der Waals surface area contributed by atoms with Gasteiger partial charge in [0, 0.05) is 37.6 Å². The maximum absolute atomic E-state index is 8.30. The van der Waals surface area contributed by atoms with Crippen molar-refractivity contribution in [1.29, 1.82) is 0 Å². The van der Waals surface area contributed by atoms with Crippen molar-refractivity contribution >= 4 is 35.1 Å². The second-order valence-corrected chi connectivity index (χ2v) is 12.8. The molecule has 11 heteroatoms. The molecule has 4 atom stereocenters. The van der Waals surface area contributed by atoms with E-state index in [9.17, 15) is 0 Å². The quantitative estimate of drug-likeness (QED) is 0.171. The summed E-state index contributed by atoms with van der Waals surface area (Å²) in [6, 6.07) is 0. The van der Waals surface area contributed by atoms with Crippen molar-refractivity contribution in [3.05, 3.63) is 45.3 Å².